The number of hydrogen-bond acceptors (Lipinski definition) is 4. The molecule has 1 heterocycles. The molecular formula is C15H15BrF3NO3. The first-order valence-corrected chi connectivity index (χ1v) is 7.58. The van der Waals surface area contributed by atoms with E-state index in [9.17, 15) is 18.0 Å². The van der Waals surface area contributed by atoms with E-state index in [1.165, 1.54) is 17.0 Å². The van der Waals surface area contributed by atoms with Crippen LogP contribution in [0.2, 0.25) is 0 Å². The lowest BCUT2D eigenvalue weighted by Crippen LogP contribution is -2.22. The maximum atomic E-state index is 13.1. The first kappa shape index (κ1) is 17.8. The maximum absolute atomic E-state index is 13.1. The number of benzene rings is 1. The zero-order valence-corrected chi connectivity index (χ0v) is 14.3. The smallest absolute Gasteiger partial charge is 0.417 e. The molecule has 8 heteroatoms. The van der Waals surface area contributed by atoms with E-state index in [2.05, 4.69) is 15.9 Å². The van der Waals surface area contributed by atoms with Crippen LogP contribution in [0.15, 0.2) is 28.6 Å². The second kappa shape index (κ2) is 6.52. The quantitative estimate of drug-likeness (QED) is 0.782. The molecule has 1 aromatic rings. The molecule has 0 saturated carbocycles. The summed E-state index contributed by atoms with van der Waals surface area (Å²) in [5, 5.41) is 0. The minimum atomic E-state index is -4.53. The lowest BCUT2D eigenvalue weighted by molar-refractivity contribution is -0.150. The van der Waals surface area contributed by atoms with Gasteiger partial charge < -0.3 is 14.4 Å². The van der Waals surface area contributed by atoms with E-state index in [1.807, 2.05) is 0 Å². The summed E-state index contributed by atoms with van der Waals surface area (Å²) in [5.74, 6) is -0.330. The van der Waals surface area contributed by atoms with Crippen LogP contribution in [0.3, 0.4) is 0 Å². The van der Waals surface area contributed by atoms with E-state index in [-0.39, 0.29) is 28.1 Å². The fourth-order valence-corrected chi connectivity index (χ4v) is 2.91. The number of ketones is 1. The third-order valence-corrected chi connectivity index (χ3v) is 4.05. The molecule has 0 bridgehead atoms. The molecule has 0 aromatic heterocycles. The Kier molecular flexibility index (Phi) is 5.05. The van der Waals surface area contributed by atoms with Gasteiger partial charge in [0.15, 0.2) is 0 Å². The summed E-state index contributed by atoms with van der Waals surface area (Å²) < 4.78 is 49.7. The van der Waals surface area contributed by atoms with Crippen LogP contribution in [0, 0.1) is 0 Å². The third-order valence-electron chi connectivity index (χ3n) is 3.19. The number of halogens is 4. The van der Waals surface area contributed by atoms with E-state index in [0.29, 0.717) is 0 Å². The highest BCUT2D eigenvalue weighted by Crippen LogP contribution is 2.41. The summed E-state index contributed by atoms with van der Waals surface area (Å²) in [6.07, 6.45) is -5.68. The largest absolute Gasteiger partial charge is 0.441 e. The molecule has 0 N–H and O–H groups in total. The lowest BCUT2D eigenvalue weighted by atomic mass is 10.00. The van der Waals surface area contributed by atoms with Gasteiger partial charge in [-0.1, -0.05) is 12.1 Å². The fourth-order valence-electron chi connectivity index (χ4n) is 2.22. The molecule has 4 nitrogen and oxygen atoms in total. The van der Waals surface area contributed by atoms with Gasteiger partial charge in [-0.3, -0.25) is 4.79 Å². The Morgan fingerprint density at radius 2 is 2.00 bits per heavy atom. The minimum absolute atomic E-state index is 0.0615. The average molecular weight is 394 g/mol. The molecule has 126 valence electrons. The van der Waals surface area contributed by atoms with Crippen molar-refractivity contribution in [1.82, 2.24) is 4.90 Å². The number of hydrogen-bond donors (Lipinski definition) is 0. The van der Waals surface area contributed by atoms with Crippen LogP contribution >= 0.6 is 15.9 Å². The highest BCUT2D eigenvalue weighted by molar-refractivity contribution is 9.10. The van der Waals surface area contributed by atoms with Gasteiger partial charge in [0.1, 0.15) is 0 Å². The molecule has 1 atom stereocenters. The molecule has 0 saturated heterocycles. The van der Waals surface area contributed by atoms with Gasteiger partial charge in [0.25, 0.3) is 6.29 Å². The predicted octanol–water partition coefficient (Wildman–Crippen LogP) is 3.66. The molecule has 0 aliphatic carbocycles. The molecule has 0 spiro atoms. The first-order chi connectivity index (χ1) is 10.7. The van der Waals surface area contributed by atoms with Crippen LogP contribution in [-0.2, 0) is 20.4 Å². The monoisotopic (exact) mass is 393 g/mol. The van der Waals surface area contributed by atoms with Crippen molar-refractivity contribution in [3.05, 3.63) is 39.7 Å². The lowest BCUT2D eigenvalue weighted by Gasteiger charge is -2.17. The van der Waals surface area contributed by atoms with Crippen molar-refractivity contribution in [1.29, 1.82) is 0 Å². The molecule has 1 aliphatic heterocycles. The highest BCUT2D eigenvalue weighted by atomic mass is 79.9. The summed E-state index contributed by atoms with van der Waals surface area (Å²) in [6.45, 7) is 1.94. The Balaban J connectivity index is 2.59. The molecule has 0 amide bonds. The predicted molar refractivity (Wildman–Crippen MR) is 81.3 cm³/mol. The van der Waals surface area contributed by atoms with Gasteiger partial charge in [-0.15, -0.1) is 0 Å². The number of nitrogens with zero attached hydrogens (tertiary/aromatic N) is 1. The number of carbonyl (C=O) groups excluding carboxylic acids is 1. The number of rotatable bonds is 4. The van der Waals surface area contributed by atoms with Crippen LogP contribution in [0.1, 0.15) is 18.1 Å². The van der Waals surface area contributed by atoms with Crippen molar-refractivity contribution in [2.24, 2.45) is 0 Å². The number of carbonyl (C=O) groups is 1. The molecular weight excluding hydrogens is 379 g/mol. The van der Waals surface area contributed by atoms with Crippen molar-refractivity contribution in [2.45, 2.75) is 19.4 Å². The average Bonchev–Trinajstić information content (AvgIpc) is 2.76. The van der Waals surface area contributed by atoms with Crippen molar-refractivity contribution in [3.8, 4) is 0 Å². The van der Waals surface area contributed by atoms with Crippen molar-refractivity contribution in [2.75, 3.05) is 20.7 Å². The van der Waals surface area contributed by atoms with Crippen LogP contribution < -0.4 is 0 Å². The Bertz CT molecular complexity index is 656. The van der Waals surface area contributed by atoms with E-state index < -0.39 is 23.8 Å². The van der Waals surface area contributed by atoms with Gasteiger partial charge in [-0.25, -0.2) is 0 Å². The van der Waals surface area contributed by atoms with Gasteiger partial charge in [0.2, 0.25) is 11.7 Å². The van der Waals surface area contributed by atoms with Crippen molar-refractivity contribution in [3.63, 3.8) is 0 Å². The molecule has 0 fully saturated rings. The second-order valence-electron chi connectivity index (χ2n) is 5.01. The van der Waals surface area contributed by atoms with E-state index in [1.54, 1.807) is 21.0 Å². The Hall–Kier alpha value is -1.54. The van der Waals surface area contributed by atoms with Crippen LogP contribution in [0.5, 0.6) is 0 Å². The fraction of sp³-hybridized carbons (Fsp3) is 0.400. The molecule has 1 aliphatic rings. The molecule has 1 unspecified atom stereocenters. The van der Waals surface area contributed by atoms with Crippen molar-refractivity contribution < 1.29 is 27.4 Å². The van der Waals surface area contributed by atoms with Crippen LogP contribution in [0.25, 0.3) is 5.57 Å². The number of alkyl halides is 3. The Morgan fingerprint density at radius 1 is 1.35 bits per heavy atom. The third kappa shape index (κ3) is 3.37. The van der Waals surface area contributed by atoms with Crippen molar-refractivity contribution >= 4 is 27.3 Å². The Morgan fingerprint density at radius 3 is 2.52 bits per heavy atom. The number of Topliss-reactive ketones (excluding diaryl/α,β-unsaturated/α-hetero) is 1. The van der Waals surface area contributed by atoms with E-state index >= 15 is 0 Å². The van der Waals surface area contributed by atoms with Gasteiger partial charge in [-0.2, -0.15) is 13.2 Å². The topological polar surface area (TPSA) is 38.8 Å². The standard InChI is InChI=1S/C15H15BrF3NO3/c1-4-22-14-12(21)10(13(23-14)20(2)3)8-6-5-7-9(11(8)16)15(17,18)19/h5-7,14H,4H2,1-3H3. The van der Waals surface area contributed by atoms with Gasteiger partial charge in [-0.05, 0) is 28.9 Å². The normalized spacial score (nSPS) is 18.4. The van der Waals surface area contributed by atoms with Gasteiger partial charge in [0.05, 0.1) is 11.1 Å². The van der Waals surface area contributed by atoms with E-state index in [0.717, 1.165) is 6.07 Å². The molecule has 0 radical (unpaired) electrons. The maximum Gasteiger partial charge on any atom is 0.417 e. The van der Waals surface area contributed by atoms with Gasteiger partial charge >= 0.3 is 6.18 Å². The summed E-state index contributed by atoms with van der Waals surface area (Å²) in [5.41, 5.74) is -0.671. The van der Waals surface area contributed by atoms with Crippen LogP contribution in [0.4, 0.5) is 13.2 Å². The van der Waals surface area contributed by atoms with E-state index in [4.69, 9.17) is 9.47 Å². The zero-order valence-electron chi connectivity index (χ0n) is 12.7. The number of ether oxygens (including phenoxy) is 2. The second-order valence-corrected chi connectivity index (χ2v) is 5.80. The first-order valence-electron chi connectivity index (χ1n) is 6.78. The summed E-state index contributed by atoms with van der Waals surface area (Å²) in [6, 6.07) is 3.64. The summed E-state index contributed by atoms with van der Waals surface area (Å²) in [4.78, 5) is 14.0. The highest BCUT2D eigenvalue weighted by Gasteiger charge is 2.40. The van der Waals surface area contributed by atoms with Gasteiger partial charge in [0, 0.05) is 30.7 Å². The Labute approximate surface area is 140 Å². The van der Waals surface area contributed by atoms with Crippen LogP contribution in [-0.4, -0.2) is 37.7 Å². The molecule has 1 aromatic carbocycles. The summed E-state index contributed by atoms with van der Waals surface area (Å²) in [7, 11) is 3.27. The summed E-state index contributed by atoms with van der Waals surface area (Å²) >= 11 is 2.97. The minimum Gasteiger partial charge on any atom is -0.441 e. The molecule has 2 rings (SSSR count). The SMILES string of the molecule is CCOC1OC(N(C)C)=C(c2cccc(C(F)(F)F)c2Br)C1=O. The zero-order chi connectivity index (χ0) is 17.4. The molecule has 23 heavy (non-hydrogen) atoms.